The van der Waals surface area contributed by atoms with Crippen molar-refractivity contribution in [1.82, 2.24) is 9.80 Å². The van der Waals surface area contributed by atoms with Crippen molar-refractivity contribution in [3.05, 3.63) is 0 Å². The summed E-state index contributed by atoms with van der Waals surface area (Å²) in [6, 6.07) is 1.25. The first-order valence-corrected chi connectivity index (χ1v) is 6.93. The topological polar surface area (TPSA) is 32.5 Å². The van der Waals surface area contributed by atoms with Gasteiger partial charge in [0.1, 0.15) is 0 Å². The van der Waals surface area contributed by atoms with E-state index in [1.807, 2.05) is 0 Å². The maximum absolute atomic E-state index is 5.85. The van der Waals surface area contributed by atoms with Crippen LogP contribution in [0.15, 0.2) is 0 Å². The lowest BCUT2D eigenvalue weighted by molar-refractivity contribution is 0.110. The Kier molecular flexibility index (Phi) is 6.32. The number of hydrogen-bond acceptors (Lipinski definition) is 3. The highest BCUT2D eigenvalue weighted by atomic mass is 15.2. The fourth-order valence-electron chi connectivity index (χ4n) is 2.56. The van der Waals surface area contributed by atoms with Crippen molar-refractivity contribution in [2.45, 2.75) is 52.1 Å². The van der Waals surface area contributed by atoms with Gasteiger partial charge in [0, 0.05) is 12.1 Å². The van der Waals surface area contributed by atoms with Gasteiger partial charge in [-0.25, -0.2) is 0 Å². The minimum Gasteiger partial charge on any atom is -0.328 e. The van der Waals surface area contributed by atoms with Crippen LogP contribution in [-0.4, -0.2) is 54.6 Å². The highest BCUT2D eigenvalue weighted by molar-refractivity contribution is 4.89. The third-order valence-electron chi connectivity index (χ3n) is 3.89. The van der Waals surface area contributed by atoms with E-state index in [0.29, 0.717) is 6.04 Å². The molecule has 0 amide bonds. The SMILES string of the molecule is CCN(CC)CCCN(CC)C1CC(N)C1. The van der Waals surface area contributed by atoms with Crippen LogP contribution in [0.1, 0.15) is 40.0 Å². The first-order chi connectivity index (χ1) is 7.71. The van der Waals surface area contributed by atoms with E-state index in [0.717, 1.165) is 6.04 Å². The largest absolute Gasteiger partial charge is 0.328 e. The van der Waals surface area contributed by atoms with Crippen LogP contribution in [0, 0.1) is 0 Å². The summed E-state index contributed by atoms with van der Waals surface area (Å²) in [6.07, 6.45) is 3.71. The van der Waals surface area contributed by atoms with Crippen LogP contribution in [0.4, 0.5) is 0 Å². The predicted molar refractivity (Wildman–Crippen MR) is 70.6 cm³/mol. The van der Waals surface area contributed by atoms with Gasteiger partial charge in [0.2, 0.25) is 0 Å². The molecule has 2 N–H and O–H groups in total. The molecular formula is C13H29N3. The summed E-state index contributed by atoms with van der Waals surface area (Å²) in [5.41, 5.74) is 5.85. The second-order valence-corrected chi connectivity index (χ2v) is 4.89. The summed E-state index contributed by atoms with van der Waals surface area (Å²) >= 11 is 0. The normalized spacial score (nSPS) is 25.1. The Bertz CT molecular complexity index is 174. The van der Waals surface area contributed by atoms with E-state index in [1.54, 1.807) is 0 Å². The lowest BCUT2D eigenvalue weighted by atomic mass is 9.86. The van der Waals surface area contributed by atoms with Crippen molar-refractivity contribution in [2.24, 2.45) is 5.73 Å². The molecule has 0 unspecified atom stereocenters. The molecule has 3 nitrogen and oxygen atoms in total. The molecule has 0 spiro atoms. The zero-order valence-electron chi connectivity index (χ0n) is 11.3. The van der Waals surface area contributed by atoms with Crippen LogP contribution in [0.2, 0.25) is 0 Å². The van der Waals surface area contributed by atoms with Crippen molar-refractivity contribution in [1.29, 1.82) is 0 Å². The maximum atomic E-state index is 5.85. The summed E-state index contributed by atoms with van der Waals surface area (Å²) in [5, 5.41) is 0. The first-order valence-electron chi connectivity index (χ1n) is 6.93. The van der Waals surface area contributed by atoms with Gasteiger partial charge in [0.15, 0.2) is 0 Å². The molecule has 0 saturated heterocycles. The number of nitrogens with zero attached hydrogens (tertiary/aromatic N) is 2. The molecule has 3 heteroatoms. The Morgan fingerprint density at radius 3 is 2.06 bits per heavy atom. The van der Waals surface area contributed by atoms with Gasteiger partial charge in [-0.3, -0.25) is 0 Å². The van der Waals surface area contributed by atoms with E-state index >= 15 is 0 Å². The molecule has 0 heterocycles. The highest BCUT2D eigenvalue weighted by Crippen LogP contribution is 2.23. The summed E-state index contributed by atoms with van der Waals surface area (Å²) < 4.78 is 0. The van der Waals surface area contributed by atoms with Crippen LogP contribution in [-0.2, 0) is 0 Å². The average Bonchev–Trinajstić information content (AvgIpc) is 2.26. The molecule has 0 aromatic heterocycles. The van der Waals surface area contributed by atoms with Crippen molar-refractivity contribution in [3.63, 3.8) is 0 Å². The Hall–Kier alpha value is -0.120. The first kappa shape index (κ1) is 13.9. The standard InChI is InChI=1S/C13H29N3/c1-4-15(5-2)8-7-9-16(6-3)13-10-12(14)11-13/h12-13H,4-11,14H2,1-3H3. The summed E-state index contributed by atoms with van der Waals surface area (Å²) in [6.45, 7) is 12.8. The molecule has 16 heavy (non-hydrogen) atoms. The Labute approximate surface area is 101 Å². The average molecular weight is 227 g/mol. The molecule has 0 radical (unpaired) electrons. The molecule has 0 aliphatic heterocycles. The molecular weight excluding hydrogens is 198 g/mol. The Morgan fingerprint density at radius 1 is 1.00 bits per heavy atom. The van der Waals surface area contributed by atoms with Crippen LogP contribution in [0.25, 0.3) is 0 Å². The van der Waals surface area contributed by atoms with E-state index in [4.69, 9.17) is 5.73 Å². The predicted octanol–water partition coefficient (Wildman–Crippen LogP) is 1.53. The van der Waals surface area contributed by atoms with E-state index in [9.17, 15) is 0 Å². The van der Waals surface area contributed by atoms with Crippen molar-refractivity contribution < 1.29 is 0 Å². The number of rotatable bonds is 8. The van der Waals surface area contributed by atoms with Crippen LogP contribution < -0.4 is 5.73 Å². The third kappa shape index (κ3) is 4.04. The van der Waals surface area contributed by atoms with Gasteiger partial charge in [-0.05, 0) is 52.0 Å². The molecule has 0 bridgehead atoms. The minimum atomic E-state index is 0.474. The molecule has 1 fully saturated rings. The van der Waals surface area contributed by atoms with Crippen LogP contribution in [0.3, 0.4) is 0 Å². The zero-order valence-corrected chi connectivity index (χ0v) is 11.3. The van der Waals surface area contributed by atoms with Crippen molar-refractivity contribution >= 4 is 0 Å². The molecule has 1 aliphatic carbocycles. The van der Waals surface area contributed by atoms with Crippen LogP contribution >= 0.6 is 0 Å². The lowest BCUT2D eigenvalue weighted by Gasteiger charge is -2.41. The van der Waals surface area contributed by atoms with Gasteiger partial charge < -0.3 is 15.5 Å². The molecule has 1 rings (SSSR count). The van der Waals surface area contributed by atoms with E-state index in [1.165, 1.54) is 52.0 Å². The zero-order chi connectivity index (χ0) is 12.0. The number of hydrogen-bond donors (Lipinski definition) is 1. The summed E-state index contributed by atoms with van der Waals surface area (Å²) in [5.74, 6) is 0. The third-order valence-corrected chi connectivity index (χ3v) is 3.89. The van der Waals surface area contributed by atoms with Crippen LogP contribution in [0.5, 0.6) is 0 Å². The maximum Gasteiger partial charge on any atom is 0.0125 e. The fourth-order valence-corrected chi connectivity index (χ4v) is 2.56. The fraction of sp³-hybridized carbons (Fsp3) is 1.00. The van der Waals surface area contributed by atoms with Gasteiger partial charge in [0.05, 0.1) is 0 Å². The lowest BCUT2D eigenvalue weighted by Crippen LogP contribution is -2.51. The van der Waals surface area contributed by atoms with Gasteiger partial charge in [-0.2, -0.15) is 0 Å². The molecule has 0 aromatic carbocycles. The van der Waals surface area contributed by atoms with Gasteiger partial charge in [0.25, 0.3) is 0 Å². The van der Waals surface area contributed by atoms with E-state index in [-0.39, 0.29) is 0 Å². The molecule has 96 valence electrons. The van der Waals surface area contributed by atoms with E-state index in [2.05, 4.69) is 30.6 Å². The molecule has 0 aromatic rings. The number of nitrogens with two attached hydrogens (primary N) is 1. The second-order valence-electron chi connectivity index (χ2n) is 4.89. The van der Waals surface area contributed by atoms with Gasteiger partial charge >= 0.3 is 0 Å². The van der Waals surface area contributed by atoms with Crippen molar-refractivity contribution in [3.8, 4) is 0 Å². The summed E-state index contributed by atoms with van der Waals surface area (Å²) in [4.78, 5) is 5.10. The molecule has 1 saturated carbocycles. The van der Waals surface area contributed by atoms with E-state index < -0.39 is 0 Å². The second kappa shape index (κ2) is 7.25. The van der Waals surface area contributed by atoms with Gasteiger partial charge in [-0.15, -0.1) is 0 Å². The highest BCUT2D eigenvalue weighted by Gasteiger charge is 2.29. The molecule has 0 atom stereocenters. The Morgan fingerprint density at radius 2 is 1.62 bits per heavy atom. The van der Waals surface area contributed by atoms with Crippen molar-refractivity contribution in [2.75, 3.05) is 32.7 Å². The molecule has 1 aliphatic rings. The smallest absolute Gasteiger partial charge is 0.0125 e. The Balaban J connectivity index is 2.14. The summed E-state index contributed by atoms with van der Waals surface area (Å²) in [7, 11) is 0. The van der Waals surface area contributed by atoms with Gasteiger partial charge in [-0.1, -0.05) is 20.8 Å². The monoisotopic (exact) mass is 227 g/mol. The minimum absolute atomic E-state index is 0.474. The quantitative estimate of drug-likeness (QED) is 0.682.